The van der Waals surface area contributed by atoms with Crippen LogP contribution in [-0.2, 0) is 0 Å². The molecule has 2 nitrogen and oxygen atoms in total. The number of fused-ring (bicyclic) bond motifs is 1. The molecule has 0 bridgehead atoms. The number of nitrogens with two attached hydrogens (primary N) is 1. The van der Waals surface area contributed by atoms with E-state index in [9.17, 15) is 0 Å². The maximum absolute atomic E-state index is 7.48. The minimum Gasteiger partial charge on any atom is -0.384 e. The first kappa shape index (κ1) is 13.1. The Bertz CT molecular complexity index is 817. The van der Waals surface area contributed by atoms with Crippen molar-refractivity contribution < 1.29 is 0 Å². The fraction of sp³-hybridized carbons (Fsp3) is 0. The quantitative estimate of drug-likeness (QED) is 0.417. The first-order valence-electron chi connectivity index (χ1n) is 6.84. The van der Waals surface area contributed by atoms with Gasteiger partial charge in [-0.1, -0.05) is 66.7 Å². The summed E-state index contributed by atoms with van der Waals surface area (Å²) in [5, 5.41) is 9.73. The largest absolute Gasteiger partial charge is 0.384 e. The third kappa shape index (κ3) is 3.00. The number of amidine groups is 1. The Balaban J connectivity index is 1.93. The van der Waals surface area contributed by atoms with E-state index in [-0.39, 0.29) is 5.84 Å². The number of benzene rings is 3. The lowest BCUT2D eigenvalue weighted by Gasteiger charge is -2.03. The lowest BCUT2D eigenvalue weighted by Crippen LogP contribution is -2.10. The van der Waals surface area contributed by atoms with E-state index < -0.39 is 0 Å². The summed E-state index contributed by atoms with van der Waals surface area (Å²) in [6, 6.07) is 22.3. The minimum atomic E-state index is 0.102. The molecule has 0 aliphatic rings. The van der Waals surface area contributed by atoms with E-state index >= 15 is 0 Å². The molecule has 0 spiro atoms. The van der Waals surface area contributed by atoms with Gasteiger partial charge < -0.3 is 5.73 Å². The summed E-state index contributed by atoms with van der Waals surface area (Å²) >= 11 is 0. The van der Waals surface area contributed by atoms with Crippen LogP contribution in [0.1, 0.15) is 16.7 Å². The highest BCUT2D eigenvalue weighted by Gasteiger charge is 1.99. The van der Waals surface area contributed by atoms with Gasteiger partial charge in [-0.25, -0.2) is 0 Å². The van der Waals surface area contributed by atoms with Gasteiger partial charge in [0.25, 0.3) is 0 Å². The van der Waals surface area contributed by atoms with Crippen molar-refractivity contribution in [1.29, 1.82) is 5.41 Å². The third-order valence-electron chi connectivity index (χ3n) is 3.44. The van der Waals surface area contributed by atoms with E-state index in [0.717, 1.165) is 21.9 Å². The number of nitrogens with one attached hydrogen (secondary N) is 1. The van der Waals surface area contributed by atoms with E-state index in [1.165, 1.54) is 5.56 Å². The van der Waals surface area contributed by atoms with E-state index in [1.54, 1.807) is 0 Å². The van der Waals surface area contributed by atoms with Gasteiger partial charge in [-0.2, -0.15) is 0 Å². The molecule has 3 aromatic rings. The maximum atomic E-state index is 7.48. The summed E-state index contributed by atoms with van der Waals surface area (Å²) in [7, 11) is 0. The maximum Gasteiger partial charge on any atom is 0.122 e. The molecule has 0 fully saturated rings. The van der Waals surface area contributed by atoms with Gasteiger partial charge in [0.05, 0.1) is 0 Å². The lowest BCUT2D eigenvalue weighted by atomic mass is 10.0. The number of nitrogen functional groups attached to an aromatic ring is 1. The van der Waals surface area contributed by atoms with Gasteiger partial charge in [-0.3, -0.25) is 5.41 Å². The van der Waals surface area contributed by atoms with Crippen molar-refractivity contribution in [3.05, 3.63) is 83.4 Å². The summed E-state index contributed by atoms with van der Waals surface area (Å²) in [6.07, 6.45) is 4.21. The summed E-state index contributed by atoms with van der Waals surface area (Å²) in [5.74, 6) is 0.102. The molecule has 0 unspecified atom stereocenters. The second-order valence-electron chi connectivity index (χ2n) is 4.98. The van der Waals surface area contributed by atoms with Gasteiger partial charge in [0.1, 0.15) is 5.84 Å². The zero-order valence-corrected chi connectivity index (χ0v) is 11.6. The molecular formula is C19H16N2. The van der Waals surface area contributed by atoms with Crippen LogP contribution in [0.2, 0.25) is 0 Å². The molecule has 3 aromatic carbocycles. The Labute approximate surface area is 124 Å². The Morgan fingerprint density at radius 3 is 2.19 bits per heavy atom. The molecule has 0 radical (unpaired) electrons. The number of hydrogen-bond acceptors (Lipinski definition) is 1. The van der Waals surface area contributed by atoms with Crippen molar-refractivity contribution in [1.82, 2.24) is 0 Å². The fourth-order valence-corrected chi connectivity index (χ4v) is 2.29. The molecule has 3 N–H and O–H groups in total. The van der Waals surface area contributed by atoms with Gasteiger partial charge >= 0.3 is 0 Å². The highest BCUT2D eigenvalue weighted by Crippen LogP contribution is 2.19. The van der Waals surface area contributed by atoms with Gasteiger partial charge in [0.2, 0.25) is 0 Å². The van der Waals surface area contributed by atoms with Crippen molar-refractivity contribution in [3.63, 3.8) is 0 Å². The average Bonchev–Trinajstić information content (AvgIpc) is 2.53. The van der Waals surface area contributed by atoms with Crippen LogP contribution in [0.3, 0.4) is 0 Å². The molecule has 0 aliphatic heterocycles. The van der Waals surface area contributed by atoms with Crippen molar-refractivity contribution in [2.45, 2.75) is 0 Å². The minimum absolute atomic E-state index is 0.102. The number of rotatable bonds is 3. The summed E-state index contributed by atoms with van der Waals surface area (Å²) < 4.78 is 0. The molecule has 0 aliphatic carbocycles. The Morgan fingerprint density at radius 2 is 1.43 bits per heavy atom. The van der Waals surface area contributed by atoms with Gasteiger partial charge in [-0.05, 0) is 34.0 Å². The van der Waals surface area contributed by atoms with Gasteiger partial charge in [0, 0.05) is 5.56 Å². The summed E-state index contributed by atoms with van der Waals surface area (Å²) in [5.41, 5.74) is 8.62. The molecular weight excluding hydrogens is 256 g/mol. The predicted octanol–water partition coefficient (Wildman–Crippen LogP) is 4.29. The van der Waals surface area contributed by atoms with E-state index in [0.29, 0.717) is 0 Å². The van der Waals surface area contributed by atoms with Crippen LogP contribution in [-0.4, -0.2) is 5.84 Å². The van der Waals surface area contributed by atoms with E-state index in [4.69, 9.17) is 11.1 Å². The smallest absolute Gasteiger partial charge is 0.122 e. The van der Waals surface area contributed by atoms with Crippen LogP contribution in [0.25, 0.3) is 22.9 Å². The first-order valence-corrected chi connectivity index (χ1v) is 6.84. The van der Waals surface area contributed by atoms with Crippen LogP contribution in [0.5, 0.6) is 0 Å². The van der Waals surface area contributed by atoms with Crippen molar-refractivity contribution in [2.24, 2.45) is 5.73 Å². The highest BCUT2D eigenvalue weighted by molar-refractivity contribution is 5.99. The molecule has 0 aromatic heterocycles. The van der Waals surface area contributed by atoms with Gasteiger partial charge in [-0.15, -0.1) is 0 Å². The molecule has 102 valence electrons. The molecule has 21 heavy (non-hydrogen) atoms. The third-order valence-corrected chi connectivity index (χ3v) is 3.44. The number of hydrogen-bond donors (Lipinski definition) is 2. The molecule has 0 saturated carbocycles. The topological polar surface area (TPSA) is 49.9 Å². The van der Waals surface area contributed by atoms with Crippen LogP contribution in [0, 0.1) is 5.41 Å². The molecule has 2 heteroatoms. The van der Waals surface area contributed by atoms with Crippen LogP contribution < -0.4 is 5.73 Å². The zero-order valence-electron chi connectivity index (χ0n) is 11.6. The van der Waals surface area contributed by atoms with Crippen LogP contribution in [0.15, 0.2) is 66.7 Å². The predicted molar refractivity (Wildman–Crippen MR) is 90.3 cm³/mol. The SMILES string of the molecule is N=C(N)c1ccc2cc(C=Cc3ccccc3)ccc2c1. The first-order chi connectivity index (χ1) is 10.2. The Kier molecular flexibility index (Phi) is 3.52. The molecule has 0 saturated heterocycles. The van der Waals surface area contributed by atoms with Gasteiger partial charge in [0.15, 0.2) is 0 Å². The average molecular weight is 272 g/mol. The van der Waals surface area contributed by atoms with Crippen molar-refractivity contribution in [2.75, 3.05) is 0 Å². The van der Waals surface area contributed by atoms with Crippen LogP contribution in [0.4, 0.5) is 0 Å². The van der Waals surface area contributed by atoms with Crippen molar-refractivity contribution >= 4 is 28.8 Å². The summed E-state index contributed by atoms with van der Waals surface area (Å²) in [4.78, 5) is 0. The molecule has 0 amide bonds. The second kappa shape index (κ2) is 5.63. The van der Waals surface area contributed by atoms with Crippen LogP contribution >= 0.6 is 0 Å². The normalized spacial score (nSPS) is 11.0. The molecule has 3 rings (SSSR count). The highest BCUT2D eigenvalue weighted by atomic mass is 14.7. The fourth-order valence-electron chi connectivity index (χ4n) is 2.29. The Morgan fingerprint density at radius 1 is 0.762 bits per heavy atom. The standard InChI is InChI=1S/C19H16N2/c20-19(21)18-11-10-16-12-15(8-9-17(16)13-18)7-6-14-4-2-1-3-5-14/h1-13H,(H3,20,21). The zero-order chi connectivity index (χ0) is 14.7. The molecule has 0 atom stereocenters. The molecule has 0 heterocycles. The summed E-state index contributed by atoms with van der Waals surface area (Å²) in [6.45, 7) is 0. The monoisotopic (exact) mass is 272 g/mol. The van der Waals surface area contributed by atoms with Crippen molar-refractivity contribution in [3.8, 4) is 0 Å². The lowest BCUT2D eigenvalue weighted by molar-refractivity contribution is 1.43. The van der Waals surface area contributed by atoms with E-state index in [2.05, 4.69) is 42.5 Å². The second-order valence-corrected chi connectivity index (χ2v) is 4.98. The Hall–Kier alpha value is -2.87. The van der Waals surface area contributed by atoms with E-state index in [1.807, 2.05) is 36.4 Å².